The van der Waals surface area contributed by atoms with Gasteiger partial charge < -0.3 is 9.80 Å². The number of benzene rings is 7. The molecule has 10 rings (SSSR count). The van der Waals surface area contributed by atoms with Gasteiger partial charge in [0.05, 0.1) is 20.8 Å². The first-order valence-electron chi connectivity index (χ1n) is 15.5. The molecule has 0 spiro atoms. The Bertz CT molecular complexity index is 2600. The van der Waals surface area contributed by atoms with Crippen molar-refractivity contribution in [3.63, 3.8) is 0 Å². The molecule has 7 aromatic carbocycles. The van der Waals surface area contributed by atoms with Gasteiger partial charge in [-0.05, 0) is 77.9 Å². The van der Waals surface area contributed by atoms with E-state index in [1.807, 2.05) is 22.7 Å². The Morgan fingerprint density at radius 3 is 1.63 bits per heavy atom. The number of rotatable bonds is 3. The topological polar surface area (TPSA) is 6.48 Å². The third kappa shape index (κ3) is 3.87. The highest BCUT2D eigenvalue weighted by molar-refractivity contribution is 7.27. The molecule has 0 aliphatic carbocycles. The molecule has 0 saturated carbocycles. The Hall–Kier alpha value is -5.42. The fourth-order valence-corrected chi connectivity index (χ4v) is 9.47. The first-order valence-corrected chi connectivity index (χ1v) is 17.1. The highest BCUT2D eigenvalue weighted by atomic mass is 32.1. The van der Waals surface area contributed by atoms with Crippen LogP contribution in [0.2, 0.25) is 0 Å². The molecule has 2 nitrogen and oxygen atoms in total. The third-order valence-corrected chi connectivity index (χ3v) is 11.5. The lowest BCUT2D eigenvalue weighted by atomic mass is 10.0. The van der Waals surface area contributed by atoms with Crippen molar-refractivity contribution in [1.82, 2.24) is 0 Å². The maximum absolute atomic E-state index is 2.48. The smallest absolute Gasteiger partial charge is 0.0640 e. The van der Waals surface area contributed by atoms with Crippen LogP contribution in [0.25, 0.3) is 51.5 Å². The molecule has 2 aromatic heterocycles. The maximum Gasteiger partial charge on any atom is 0.0640 e. The van der Waals surface area contributed by atoms with E-state index in [4.69, 9.17) is 0 Å². The van der Waals surface area contributed by atoms with Crippen LogP contribution in [0.5, 0.6) is 0 Å². The molecule has 0 amide bonds. The average molecular weight is 623 g/mol. The van der Waals surface area contributed by atoms with Gasteiger partial charge in [0.15, 0.2) is 0 Å². The van der Waals surface area contributed by atoms with E-state index in [-0.39, 0.29) is 0 Å². The fraction of sp³-hybridized carbons (Fsp3) is 0. The molecule has 0 N–H and O–H groups in total. The van der Waals surface area contributed by atoms with Gasteiger partial charge in [0.2, 0.25) is 0 Å². The van der Waals surface area contributed by atoms with E-state index in [0.717, 1.165) is 22.7 Å². The Morgan fingerprint density at radius 2 is 0.913 bits per heavy atom. The highest BCUT2D eigenvalue weighted by Crippen LogP contribution is 2.52. The summed E-state index contributed by atoms with van der Waals surface area (Å²) >= 11 is 3.76. The van der Waals surface area contributed by atoms with E-state index < -0.39 is 0 Å². The monoisotopic (exact) mass is 622 g/mol. The van der Waals surface area contributed by atoms with Crippen LogP contribution in [0, 0.1) is 0 Å². The molecule has 216 valence electrons. The molecule has 1 aliphatic rings. The van der Waals surface area contributed by atoms with Crippen LogP contribution in [0.3, 0.4) is 0 Å². The van der Waals surface area contributed by atoms with E-state index in [2.05, 4.69) is 168 Å². The minimum absolute atomic E-state index is 1.13. The summed E-state index contributed by atoms with van der Waals surface area (Å²) in [7, 11) is 0. The lowest BCUT2D eigenvalue weighted by Crippen LogP contribution is -2.14. The van der Waals surface area contributed by atoms with Crippen molar-refractivity contribution in [2.24, 2.45) is 0 Å². The molecule has 3 heterocycles. The first kappa shape index (κ1) is 25.9. The molecule has 0 saturated heterocycles. The van der Waals surface area contributed by atoms with Gasteiger partial charge in [0, 0.05) is 53.7 Å². The van der Waals surface area contributed by atoms with Crippen LogP contribution in [0.15, 0.2) is 158 Å². The van der Waals surface area contributed by atoms with Gasteiger partial charge in [-0.25, -0.2) is 0 Å². The van der Waals surface area contributed by atoms with Crippen molar-refractivity contribution in [2.75, 3.05) is 9.80 Å². The van der Waals surface area contributed by atoms with Crippen LogP contribution >= 0.6 is 22.7 Å². The molecule has 0 atom stereocenters. The molecule has 1 aliphatic heterocycles. The maximum atomic E-state index is 2.48. The van der Waals surface area contributed by atoms with Crippen molar-refractivity contribution >= 4 is 97.1 Å². The van der Waals surface area contributed by atoms with E-state index in [0.29, 0.717) is 0 Å². The first-order chi connectivity index (χ1) is 22.8. The number of hydrogen-bond acceptors (Lipinski definition) is 4. The number of hydrogen-bond donors (Lipinski definition) is 0. The summed E-state index contributed by atoms with van der Waals surface area (Å²) in [5.74, 6) is 0. The standard InChI is InChI=1S/C42H26N2S2/c1-3-11-27(12-4-1)28-23-31-25-32(24-28)44(30-21-22-40-36(26-30)33-15-7-8-20-39(33)45-40)38-19-10-17-35-34-16-9-18-37(41(34)46-42(35)38)43(31)29-13-5-2-6-14-29/h1-26H. The van der Waals surface area contributed by atoms with E-state index in [1.165, 1.54) is 62.8 Å². The molecular weight excluding hydrogens is 597 g/mol. The normalized spacial score (nSPS) is 12.7. The predicted molar refractivity (Wildman–Crippen MR) is 201 cm³/mol. The van der Waals surface area contributed by atoms with Crippen LogP contribution in [0.1, 0.15) is 0 Å². The van der Waals surface area contributed by atoms with Gasteiger partial charge in [0.1, 0.15) is 0 Å². The van der Waals surface area contributed by atoms with Crippen molar-refractivity contribution in [3.8, 4) is 11.1 Å². The molecule has 0 radical (unpaired) electrons. The predicted octanol–water partition coefficient (Wildman–Crippen LogP) is 13.3. The number of thiophene rings is 2. The second kappa shape index (κ2) is 10.0. The Morgan fingerprint density at radius 1 is 0.326 bits per heavy atom. The van der Waals surface area contributed by atoms with Crippen LogP contribution < -0.4 is 9.80 Å². The lowest BCUT2D eigenvalue weighted by Gasteiger charge is -2.31. The zero-order chi connectivity index (χ0) is 30.2. The summed E-state index contributed by atoms with van der Waals surface area (Å²) in [5.41, 5.74) is 9.35. The summed E-state index contributed by atoms with van der Waals surface area (Å²) in [6.07, 6.45) is 0. The summed E-state index contributed by atoms with van der Waals surface area (Å²) in [4.78, 5) is 4.92. The van der Waals surface area contributed by atoms with Crippen molar-refractivity contribution in [2.45, 2.75) is 0 Å². The van der Waals surface area contributed by atoms with E-state index >= 15 is 0 Å². The zero-order valence-corrected chi connectivity index (χ0v) is 26.4. The number of nitrogens with zero attached hydrogens (tertiary/aromatic N) is 2. The summed E-state index contributed by atoms with van der Waals surface area (Å²) < 4.78 is 5.22. The SMILES string of the molecule is c1ccc(-c2cc3cc(c2)N(c2ccc4sc5ccccc5c4c2)c2cccc4c2sc2c(cccc24)N3c2ccccc2)cc1. The second-order valence-electron chi connectivity index (χ2n) is 11.8. The van der Waals surface area contributed by atoms with Crippen molar-refractivity contribution in [1.29, 1.82) is 0 Å². The van der Waals surface area contributed by atoms with Crippen LogP contribution in [0.4, 0.5) is 34.1 Å². The Kier molecular flexibility index (Phi) is 5.65. The average Bonchev–Trinajstić information content (AvgIpc) is 3.68. The van der Waals surface area contributed by atoms with Crippen molar-refractivity contribution < 1.29 is 0 Å². The van der Waals surface area contributed by atoms with Gasteiger partial charge in [-0.1, -0.05) is 91.0 Å². The second-order valence-corrected chi connectivity index (χ2v) is 13.9. The molecule has 4 bridgehead atoms. The molecule has 9 aromatic rings. The minimum Gasteiger partial charge on any atom is -0.309 e. The number of anilines is 6. The molecule has 4 heteroatoms. The third-order valence-electron chi connectivity index (χ3n) is 9.12. The zero-order valence-electron chi connectivity index (χ0n) is 24.7. The molecule has 0 unspecified atom stereocenters. The van der Waals surface area contributed by atoms with Crippen LogP contribution in [-0.4, -0.2) is 0 Å². The quantitative estimate of drug-likeness (QED) is 0.193. The van der Waals surface area contributed by atoms with Gasteiger partial charge in [0.25, 0.3) is 0 Å². The largest absolute Gasteiger partial charge is 0.309 e. The van der Waals surface area contributed by atoms with E-state index in [9.17, 15) is 0 Å². The fourth-order valence-electron chi connectivity index (χ4n) is 7.08. The van der Waals surface area contributed by atoms with Gasteiger partial charge >= 0.3 is 0 Å². The molecule has 0 fully saturated rings. The molecule has 46 heavy (non-hydrogen) atoms. The Labute approximate surface area is 274 Å². The van der Waals surface area contributed by atoms with Gasteiger partial charge in [-0.15, -0.1) is 22.7 Å². The summed E-state index contributed by atoms with van der Waals surface area (Å²) in [5, 5.41) is 5.19. The summed E-state index contributed by atoms with van der Waals surface area (Å²) in [6.45, 7) is 0. The Balaban J connectivity index is 1.35. The van der Waals surface area contributed by atoms with E-state index in [1.54, 1.807) is 0 Å². The number of fused-ring (bicyclic) bond motifs is 6. The molecular formula is C42H26N2S2. The van der Waals surface area contributed by atoms with Crippen molar-refractivity contribution in [3.05, 3.63) is 158 Å². The van der Waals surface area contributed by atoms with Gasteiger partial charge in [-0.2, -0.15) is 0 Å². The lowest BCUT2D eigenvalue weighted by molar-refractivity contribution is 1.27. The van der Waals surface area contributed by atoms with Gasteiger partial charge in [-0.3, -0.25) is 0 Å². The highest BCUT2D eigenvalue weighted by Gasteiger charge is 2.25. The van der Waals surface area contributed by atoms with Crippen LogP contribution in [-0.2, 0) is 0 Å². The minimum atomic E-state index is 1.13. The number of para-hydroxylation sites is 1. The summed E-state index contributed by atoms with van der Waals surface area (Å²) in [6, 6.07) is 57.9.